The van der Waals surface area contributed by atoms with Gasteiger partial charge in [0, 0.05) is 12.3 Å². The van der Waals surface area contributed by atoms with E-state index in [1.807, 2.05) is 30.3 Å². The predicted molar refractivity (Wildman–Crippen MR) is 79.0 cm³/mol. The molecule has 18 heavy (non-hydrogen) atoms. The van der Waals surface area contributed by atoms with E-state index in [2.05, 4.69) is 5.32 Å². The first kappa shape index (κ1) is 15.2. The van der Waals surface area contributed by atoms with Gasteiger partial charge in [0.1, 0.15) is 4.32 Å². The number of hydrogen-bond donors (Lipinski definition) is 2. The fourth-order valence-corrected chi connectivity index (χ4v) is 2.36. The summed E-state index contributed by atoms with van der Waals surface area (Å²) in [4.78, 5) is 0. The average Bonchev–Trinajstić information content (AvgIpc) is 2.32. The summed E-state index contributed by atoms with van der Waals surface area (Å²) in [5.74, 6) is 0.389. The van der Waals surface area contributed by atoms with Crippen molar-refractivity contribution in [3.8, 4) is 0 Å². The lowest BCUT2D eigenvalue weighted by molar-refractivity contribution is 0.494. The molecular weight excluding hydrogens is 290 g/mol. The zero-order valence-corrected chi connectivity index (χ0v) is 11.9. The summed E-state index contributed by atoms with van der Waals surface area (Å²) < 4.78 is 29.8. The quantitative estimate of drug-likeness (QED) is 0.642. The molecule has 1 rings (SSSR count). The van der Waals surface area contributed by atoms with E-state index in [9.17, 15) is 8.42 Å². The number of thioether (sulfide) groups is 1. The minimum Gasteiger partial charge on any atom is -0.367 e. The maximum Gasteiger partial charge on any atom is 0.287 e. The normalized spacial score (nSPS) is 11.6. The Hall–Kier alpha value is -0.890. The van der Waals surface area contributed by atoms with Crippen LogP contribution < -0.4 is 5.32 Å². The third-order valence-corrected chi connectivity index (χ3v) is 3.66. The van der Waals surface area contributed by atoms with Gasteiger partial charge in [-0.1, -0.05) is 60.4 Å². The second-order valence-electron chi connectivity index (χ2n) is 3.32. The van der Waals surface area contributed by atoms with Crippen molar-refractivity contribution < 1.29 is 13.0 Å². The first-order valence-corrected chi connectivity index (χ1v) is 7.95. The van der Waals surface area contributed by atoms with Crippen LogP contribution in [-0.2, 0) is 16.7 Å². The standard InChI is InChI=1S/C11H13NO3S3/c13-18(14,15)8-4-7-17-11(16)12-9-10-5-2-1-3-6-10/h1-6,8H,7,9H2,(H,12,16)(H,13,14,15)/b8-4-. The molecule has 0 aliphatic carbocycles. The van der Waals surface area contributed by atoms with Gasteiger partial charge in [0.05, 0.1) is 5.41 Å². The molecule has 2 N–H and O–H groups in total. The van der Waals surface area contributed by atoms with Crippen molar-refractivity contribution in [2.45, 2.75) is 6.54 Å². The molecule has 7 heteroatoms. The summed E-state index contributed by atoms with van der Waals surface area (Å²) in [6, 6.07) is 9.80. The summed E-state index contributed by atoms with van der Waals surface area (Å²) >= 11 is 6.36. The van der Waals surface area contributed by atoms with Crippen LogP contribution in [0.25, 0.3) is 0 Å². The van der Waals surface area contributed by atoms with Crippen molar-refractivity contribution >= 4 is 38.4 Å². The molecule has 1 aromatic carbocycles. The SMILES string of the molecule is O=S(=O)(O)/C=C\CSC(=S)NCc1ccccc1. The summed E-state index contributed by atoms with van der Waals surface area (Å²) in [6.45, 7) is 0.634. The number of benzene rings is 1. The highest BCUT2D eigenvalue weighted by Gasteiger charge is 1.98. The van der Waals surface area contributed by atoms with E-state index in [4.69, 9.17) is 16.8 Å². The largest absolute Gasteiger partial charge is 0.367 e. The molecule has 4 nitrogen and oxygen atoms in total. The minimum atomic E-state index is -4.03. The Morgan fingerprint density at radius 3 is 2.67 bits per heavy atom. The number of thiocarbonyl (C=S) groups is 1. The fraction of sp³-hybridized carbons (Fsp3) is 0.182. The predicted octanol–water partition coefficient (Wildman–Crippen LogP) is 2.20. The second kappa shape index (κ2) is 7.52. The Balaban J connectivity index is 2.25. The van der Waals surface area contributed by atoms with E-state index in [1.165, 1.54) is 17.8 Å². The fourth-order valence-electron chi connectivity index (χ4n) is 1.11. The van der Waals surface area contributed by atoms with E-state index in [-0.39, 0.29) is 0 Å². The van der Waals surface area contributed by atoms with Gasteiger partial charge in [-0.15, -0.1) is 0 Å². The number of rotatable bonds is 5. The van der Waals surface area contributed by atoms with Gasteiger partial charge in [-0.3, -0.25) is 4.55 Å². The Morgan fingerprint density at radius 1 is 1.39 bits per heavy atom. The van der Waals surface area contributed by atoms with E-state index < -0.39 is 10.1 Å². The highest BCUT2D eigenvalue weighted by molar-refractivity contribution is 8.23. The number of hydrogen-bond acceptors (Lipinski definition) is 4. The Labute approximate surface area is 116 Å². The van der Waals surface area contributed by atoms with Gasteiger partial charge in [-0.05, 0) is 5.56 Å². The Kier molecular flexibility index (Phi) is 6.34. The molecule has 0 fully saturated rings. The summed E-state index contributed by atoms with van der Waals surface area (Å²) in [6.07, 6.45) is 1.34. The van der Waals surface area contributed by atoms with Gasteiger partial charge in [-0.2, -0.15) is 8.42 Å². The third kappa shape index (κ3) is 7.44. The molecule has 0 aliphatic heterocycles. The van der Waals surface area contributed by atoms with Crippen LogP contribution in [0.15, 0.2) is 41.8 Å². The molecule has 1 aromatic rings. The van der Waals surface area contributed by atoms with Crippen LogP contribution in [0.5, 0.6) is 0 Å². The summed E-state index contributed by atoms with van der Waals surface area (Å²) in [7, 11) is -4.03. The highest BCUT2D eigenvalue weighted by Crippen LogP contribution is 2.05. The van der Waals surface area contributed by atoms with Gasteiger partial charge in [-0.25, -0.2) is 0 Å². The second-order valence-corrected chi connectivity index (χ2v) is 6.32. The lowest BCUT2D eigenvalue weighted by Crippen LogP contribution is -2.17. The van der Waals surface area contributed by atoms with Crippen LogP contribution in [0.4, 0.5) is 0 Å². The van der Waals surface area contributed by atoms with Crippen molar-refractivity contribution in [3.05, 3.63) is 47.4 Å². The van der Waals surface area contributed by atoms with Gasteiger partial charge in [0.2, 0.25) is 0 Å². The van der Waals surface area contributed by atoms with Crippen molar-refractivity contribution in [3.63, 3.8) is 0 Å². The van der Waals surface area contributed by atoms with Crippen LogP contribution in [0.3, 0.4) is 0 Å². The first-order valence-electron chi connectivity index (χ1n) is 5.06. The molecular formula is C11H13NO3S3. The molecule has 98 valence electrons. The van der Waals surface area contributed by atoms with Gasteiger partial charge >= 0.3 is 0 Å². The van der Waals surface area contributed by atoms with Crippen LogP contribution in [-0.4, -0.2) is 23.0 Å². The minimum absolute atomic E-state index is 0.389. The van der Waals surface area contributed by atoms with Crippen molar-refractivity contribution in [2.24, 2.45) is 0 Å². The topological polar surface area (TPSA) is 66.4 Å². The van der Waals surface area contributed by atoms with Crippen LogP contribution in [0.1, 0.15) is 5.56 Å². The van der Waals surface area contributed by atoms with Crippen LogP contribution >= 0.6 is 24.0 Å². The molecule has 0 spiro atoms. The van der Waals surface area contributed by atoms with E-state index in [0.717, 1.165) is 11.0 Å². The summed E-state index contributed by atoms with van der Waals surface area (Å²) in [5.41, 5.74) is 1.12. The highest BCUT2D eigenvalue weighted by atomic mass is 32.2. The Morgan fingerprint density at radius 2 is 2.06 bits per heavy atom. The molecule has 0 atom stereocenters. The van der Waals surface area contributed by atoms with Gasteiger partial charge in [0.15, 0.2) is 0 Å². The molecule has 0 saturated heterocycles. The van der Waals surface area contributed by atoms with Crippen molar-refractivity contribution in [1.82, 2.24) is 5.32 Å². The van der Waals surface area contributed by atoms with Crippen LogP contribution in [0, 0.1) is 0 Å². The molecule has 0 saturated carbocycles. The monoisotopic (exact) mass is 303 g/mol. The lowest BCUT2D eigenvalue weighted by Gasteiger charge is -2.05. The summed E-state index contributed by atoms with van der Waals surface area (Å²) in [5, 5.41) is 3.79. The van der Waals surface area contributed by atoms with E-state index in [1.54, 1.807) is 0 Å². The van der Waals surface area contributed by atoms with Gasteiger partial charge in [0.25, 0.3) is 10.1 Å². The van der Waals surface area contributed by atoms with Crippen molar-refractivity contribution in [2.75, 3.05) is 5.75 Å². The molecule has 0 heterocycles. The molecule has 0 bridgehead atoms. The Bertz CT molecular complexity index is 512. The molecule has 0 aromatic heterocycles. The maximum absolute atomic E-state index is 10.4. The zero-order valence-electron chi connectivity index (χ0n) is 9.44. The molecule has 0 aliphatic rings. The van der Waals surface area contributed by atoms with Crippen LogP contribution in [0.2, 0.25) is 0 Å². The maximum atomic E-state index is 10.4. The third-order valence-electron chi connectivity index (χ3n) is 1.86. The molecule has 0 amide bonds. The van der Waals surface area contributed by atoms with E-state index >= 15 is 0 Å². The average molecular weight is 303 g/mol. The zero-order chi connectivity index (χ0) is 13.4. The van der Waals surface area contributed by atoms with Crippen molar-refractivity contribution in [1.29, 1.82) is 0 Å². The van der Waals surface area contributed by atoms with Gasteiger partial charge < -0.3 is 5.32 Å². The first-order chi connectivity index (χ1) is 8.47. The smallest absolute Gasteiger partial charge is 0.287 e. The van der Waals surface area contributed by atoms with E-state index in [0.29, 0.717) is 16.6 Å². The number of nitrogens with one attached hydrogen (secondary N) is 1. The molecule has 0 radical (unpaired) electrons. The lowest BCUT2D eigenvalue weighted by atomic mass is 10.2. The molecule has 0 unspecified atom stereocenters.